The average molecular weight is 534 g/mol. The van der Waals surface area contributed by atoms with E-state index in [4.69, 9.17) is 0 Å². The first-order valence-electron chi connectivity index (χ1n) is 8.48. The number of pyridine rings is 1. The van der Waals surface area contributed by atoms with E-state index in [0.29, 0.717) is 6.07 Å². The van der Waals surface area contributed by atoms with Crippen molar-refractivity contribution < 1.29 is 21.6 Å². The monoisotopic (exact) mass is 534 g/mol. The van der Waals surface area contributed by atoms with E-state index >= 15 is 0 Å². The largest absolute Gasteiger partial charge is 0.433 e. The smallest absolute Gasteiger partial charge is 0.303 e. The number of nitrogens with one attached hydrogen (secondary N) is 1. The number of sulfonamides is 1. The Labute approximate surface area is 178 Å². The first-order chi connectivity index (χ1) is 13.7. The zero-order valence-electron chi connectivity index (χ0n) is 14.6. The highest BCUT2D eigenvalue weighted by Gasteiger charge is 2.43. The highest BCUT2D eigenvalue weighted by Crippen LogP contribution is 2.41. The molecular weight excluding hydrogens is 520 g/mol. The molecule has 6 nitrogen and oxygen atoms in total. The highest BCUT2D eigenvalue weighted by molar-refractivity contribution is 14.1. The Balaban J connectivity index is 1.79. The fourth-order valence-corrected chi connectivity index (χ4v) is 5.55. The molecule has 0 amide bonds. The summed E-state index contributed by atoms with van der Waals surface area (Å²) in [5.41, 5.74) is 2.57. The normalized spacial score (nSPS) is 23.7. The standard InChI is InChI=1S/C18H14F3IN4O2S/c19-18(20,21)16-6-5-11(9-23-16)29(27,28)26-8-7-15-13(10-24-25-15)17(26)12-3-1-2-4-14(12)22/h1-10,13,15,17,25H. The van der Waals surface area contributed by atoms with Crippen molar-refractivity contribution in [3.63, 3.8) is 0 Å². The Kier molecular flexibility index (Phi) is 5.05. The maximum Gasteiger partial charge on any atom is 0.433 e. The van der Waals surface area contributed by atoms with Crippen LogP contribution in [-0.4, -0.2) is 30.0 Å². The minimum atomic E-state index is -4.64. The van der Waals surface area contributed by atoms with Crippen molar-refractivity contribution in [2.45, 2.75) is 23.2 Å². The van der Waals surface area contributed by atoms with E-state index in [-0.39, 0.29) is 16.9 Å². The van der Waals surface area contributed by atoms with Crippen LogP contribution in [0.4, 0.5) is 13.2 Å². The predicted octanol–water partition coefficient (Wildman–Crippen LogP) is 3.54. The van der Waals surface area contributed by atoms with Gasteiger partial charge in [-0.2, -0.15) is 18.3 Å². The summed E-state index contributed by atoms with van der Waals surface area (Å²) in [6.07, 6.45) is 0.874. The summed E-state index contributed by atoms with van der Waals surface area (Å²) < 4.78 is 67.1. The first kappa shape index (κ1) is 20.1. The number of fused-ring (bicyclic) bond motifs is 1. The summed E-state index contributed by atoms with van der Waals surface area (Å²) in [4.78, 5) is 2.99. The van der Waals surface area contributed by atoms with Gasteiger partial charge in [-0.15, -0.1) is 0 Å². The van der Waals surface area contributed by atoms with Crippen LogP contribution in [0.15, 0.2) is 64.9 Å². The molecule has 0 fully saturated rings. The fourth-order valence-electron chi connectivity index (χ4n) is 3.39. The van der Waals surface area contributed by atoms with Gasteiger partial charge in [0.2, 0.25) is 0 Å². The predicted molar refractivity (Wildman–Crippen MR) is 108 cm³/mol. The van der Waals surface area contributed by atoms with E-state index in [2.05, 4.69) is 38.1 Å². The lowest BCUT2D eigenvalue weighted by Crippen LogP contribution is -2.44. The van der Waals surface area contributed by atoms with Gasteiger partial charge < -0.3 is 5.43 Å². The summed E-state index contributed by atoms with van der Waals surface area (Å²) in [5.74, 6) is -0.270. The van der Waals surface area contributed by atoms with Gasteiger partial charge in [-0.1, -0.05) is 18.2 Å². The fraction of sp³-hybridized carbons (Fsp3) is 0.222. The Morgan fingerprint density at radius 1 is 1.14 bits per heavy atom. The third-order valence-electron chi connectivity index (χ3n) is 4.79. The van der Waals surface area contributed by atoms with Crippen LogP contribution in [0.3, 0.4) is 0 Å². The second-order valence-electron chi connectivity index (χ2n) is 6.53. The molecule has 152 valence electrons. The molecule has 11 heteroatoms. The first-order valence-corrected chi connectivity index (χ1v) is 11.0. The number of aromatic nitrogens is 1. The summed E-state index contributed by atoms with van der Waals surface area (Å²) in [6, 6.07) is 8.19. The van der Waals surface area contributed by atoms with E-state index in [1.807, 2.05) is 24.3 Å². The molecule has 0 spiro atoms. The summed E-state index contributed by atoms with van der Waals surface area (Å²) in [5, 5.41) is 4.07. The molecule has 2 aliphatic heterocycles. The van der Waals surface area contributed by atoms with Crippen molar-refractivity contribution in [2.75, 3.05) is 0 Å². The molecule has 1 aromatic carbocycles. The molecular formula is C18H14F3IN4O2S. The molecule has 0 saturated carbocycles. The van der Waals surface area contributed by atoms with Crippen LogP contribution in [0.5, 0.6) is 0 Å². The highest BCUT2D eigenvalue weighted by atomic mass is 127. The van der Waals surface area contributed by atoms with E-state index in [9.17, 15) is 21.6 Å². The zero-order valence-corrected chi connectivity index (χ0v) is 17.6. The van der Waals surface area contributed by atoms with Gasteiger partial charge in [-0.25, -0.2) is 8.42 Å². The number of hydrazone groups is 1. The van der Waals surface area contributed by atoms with Crippen LogP contribution in [0.25, 0.3) is 0 Å². The van der Waals surface area contributed by atoms with Crippen molar-refractivity contribution in [1.29, 1.82) is 0 Å². The van der Waals surface area contributed by atoms with E-state index in [1.54, 1.807) is 12.3 Å². The quantitative estimate of drug-likeness (QED) is 0.612. The van der Waals surface area contributed by atoms with Crippen molar-refractivity contribution in [2.24, 2.45) is 11.0 Å². The van der Waals surface area contributed by atoms with E-state index in [0.717, 1.165) is 21.4 Å². The van der Waals surface area contributed by atoms with E-state index < -0.39 is 27.9 Å². The molecule has 0 aliphatic carbocycles. The molecule has 2 aliphatic rings. The van der Waals surface area contributed by atoms with Crippen molar-refractivity contribution in [1.82, 2.24) is 14.7 Å². The van der Waals surface area contributed by atoms with Crippen LogP contribution >= 0.6 is 22.6 Å². The molecule has 1 aromatic heterocycles. The minimum absolute atomic E-state index is 0.173. The van der Waals surface area contributed by atoms with Gasteiger partial charge >= 0.3 is 6.18 Å². The zero-order chi connectivity index (χ0) is 20.8. The second kappa shape index (κ2) is 7.27. The lowest BCUT2D eigenvalue weighted by Gasteiger charge is -2.38. The molecule has 3 atom stereocenters. The van der Waals surface area contributed by atoms with Crippen molar-refractivity contribution in [3.8, 4) is 0 Å². The number of benzene rings is 1. The van der Waals surface area contributed by atoms with Crippen LogP contribution in [0.1, 0.15) is 17.3 Å². The van der Waals surface area contributed by atoms with Crippen LogP contribution < -0.4 is 5.43 Å². The maximum absolute atomic E-state index is 13.3. The molecule has 2 aromatic rings. The SMILES string of the molecule is O=S(=O)(c1ccc(C(F)(F)F)nc1)N1C=CC2NN=CC2C1c1ccccc1I. The van der Waals surface area contributed by atoms with Gasteiger partial charge in [0.05, 0.1) is 12.1 Å². The minimum Gasteiger partial charge on any atom is -0.303 e. The lowest BCUT2D eigenvalue weighted by molar-refractivity contribution is -0.141. The Morgan fingerprint density at radius 3 is 2.55 bits per heavy atom. The molecule has 3 heterocycles. The summed E-state index contributed by atoms with van der Waals surface area (Å²) in [7, 11) is -4.15. The third-order valence-corrected chi connectivity index (χ3v) is 7.51. The van der Waals surface area contributed by atoms with Crippen LogP contribution in [0.2, 0.25) is 0 Å². The molecule has 0 saturated heterocycles. The number of halogens is 4. The Morgan fingerprint density at radius 2 is 1.90 bits per heavy atom. The summed E-state index contributed by atoms with van der Waals surface area (Å²) >= 11 is 2.13. The molecule has 4 rings (SSSR count). The van der Waals surface area contributed by atoms with Crippen molar-refractivity contribution in [3.05, 3.63) is 69.7 Å². The molecule has 0 radical (unpaired) electrons. The van der Waals surface area contributed by atoms with E-state index in [1.165, 1.54) is 10.5 Å². The number of hydrogen-bond acceptors (Lipinski definition) is 5. The van der Waals surface area contributed by atoms with Crippen LogP contribution in [-0.2, 0) is 16.2 Å². The van der Waals surface area contributed by atoms with Crippen molar-refractivity contribution >= 4 is 38.8 Å². The van der Waals surface area contributed by atoms with Gasteiger partial charge in [0.15, 0.2) is 0 Å². The third kappa shape index (κ3) is 3.61. The Hall–Kier alpha value is -2.15. The number of hydrogen-bond donors (Lipinski definition) is 1. The molecule has 3 unspecified atom stereocenters. The van der Waals surface area contributed by atoms with Gasteiger partial charge in [0.1, 0.15) is 10.6 Å². The average Bonchev–Trinajstić information content (AvgIpc) is 3.16. The lowest BCUT2D eigenvalue weighted by atomic mass is 9.87. The van der Waals surface area contributed by atoms with Gasteiger partial charge in [-0.05, 0) is 52.4 Å². The maximum atomic E-state index is 13.3. The van der Waals surface area contributed by atoms with Crippen LogP contribution in [0, 0.1) is 9.49 Å². The number of alkyl halides is 3. The Bertz CT molecular complexity index is 1090. The number of nitrogens with zero attached hydrogens (tertiary/aromatic N) is 3. The second-order valence-corrected chi connectivity index (χ2v) is 9.54. The number of rotatable bonds is 3. The van der Waals surface area contributed by atoms with Gasteiger partial charge in [0, 0.05) is 28.1 Å². The molecule has 29 heavy (non-hydrogen) atoms. The molecule has 0 bridgehead atoms. The van der Waals surface area contributed by atoms with Gasteiger partial charge in [-0.3, -0.25) is 9.29 Å². The van der Waals surface area contributed by atoms with Gasteiger partial charge in [0.25, 0.3) is 10.0 Å². The topological polar surface area (TPSA) is 74.7 Å². The summed E-state index contributed by atoms with van der Waals surface area (Å²) in [6.45, 7) is 0. The molecule has 1 N–H and O–H groups in total.